The maximum absolute atomic E-state index is 12.4. The lowest BCUT2D eigenvalue weighted by molar-refractivity contribution is -0.135. The van der Waals surface area contributed by atoms with Crippen LogP contribution < -0.4 is 5.73 Å². The molecule has 0 radical (unpaired) electrons. The molecule has 3 unspecified atom stereocenters. The SMILES string of the molecule is NC(=NO)C1CCCN1C(=O)C1CC2CC2C1. The summed E-state index contributed by atoms with van der Waals surface area (Å²) in [5, 5.41) is 11.8. The number of carbonyl (C=O) groups excluding carboxylic acids is 1. The largest absolute Gasteiger partial charge is 0.409 e. The molecule has 1 heterocycles. The van der Waals surface area contributed by atoms with E-state index in [1.807, 2.05) is 4.90 Å². The van der Waals surface area contributed by atoms with Crippen LogP contribution in [0.5, 0.6) is 0 Å². The standard InChI is InChI=1S/C12H19N3O2/c13-11(14-17)10-2-1-3-15(10)12(16)9-5-7-4-8(7)6-9/h7-10,17H,1-6H2,(H2,13,14). The smallest absolute Gasteiger partial charge is 0.226 e. The van der Waals surface area contributed by atoms with Gasteiger partial charge in [0.15, 0.2) is 5.84 Å². The molecule has 0 bridgehead atoms. The number of hydrogen-bond acceptors (Lipinski definition) is 3. The van der Waals surface area contributed by atoms with Crippen LogP contribution >= 0.6 is 0 Å². The van der Waals surface area contributed by atoms with Gasteiger partial charge in [-0.15, -0.1) is 0 Å². The van der Waals surface area contributed by atoms with E-state index in [0.29, 0.717) is 0 Å². The number of fused-ring (bicyclic) bond motifs is 1. The molecule has 3 rings (SSSR count). The second-order valence-corrected chi connectivity index (χ2v) is 5.64. The Balaban J connectivity index is 1.68. The monoisotopic (exact) mass is 237 g/mol. The van der Waals surface area contributed by atoms with Gasteiger partial charge in [-0.1, -0.05) is 5.16 Å². The van der Waals surface area contributed by atoms with Gasteiger partial charge in [0, 0.05) is 12.5 Å². The van der Waals surface area contributed by atoms with Crippen LogP contribution in [0.4, 0.5) is 0 Å². The number of amidine groups is 1. The topological polar surface area (TPSA) is 78.9 Å². The molecular formula is C12H19N3O2. The fraction of sp³-hybridized carbons (Fsp3) is 0.833. The Morgan fingerprint density at radius 2 is 2.00 bits per heavy atom. The Kier molecular flexibility index (Phi) is 2.49. The molecular weight excluding hydrogens is 218 g/mol. The minimum absolute atomic E-state index is 0.176. The second-order valence-electron chi connectivity index (χ2n) is 5.64. The predicted molar refractivity (Wildman–Crippen MR) is 62.5 cm³/mol. The summed E-state index contributed by atoms with van der Waals surface area (Å²) in [4.78, 5) is 14.2. The van der Waals surface area contributed by atoms with Gasteiger partial charge in [-0.05, 0) is 43.9 Å². The maximum Gasteiger partial charge on any atom is 0.226 e. The third-order valence-electron chi connectivity index (χ3n) is 4.59. The van der Waals surface area contributed by atoms with Gasteiger partial charge < -0.3 is 15.8 Å². The number of carbonyl (C=O) groups is 1. The Bertz CT molecular complexity index is 359. The number of amides is 1. The molecule has 5 heteroatoms. The molecule has 0 aromatic rings. The second kappa shape index (κ2) is 3.89. The van der Waals surface area contributed by atoms with Crippen LogP contribution in [0.2, 0.25) is 0 Å². The van der Waals surface area contributed by atoms with Crippen molar-refractivity contribution in [3.8, 4) is 0 Å². The van der Waals surface area contributed by atoms with Crippen molar-refractivity contribution in [3.63, 3.8) is 0 Å². The van der Waals surface area contributed by atoms with Gasteiger partial charge in [0.25, 0.3) is 0 Å². The van der Waals surface area contributed by atoms with Crippen molar-refractivity contribution in [2.24, 2.45) is 28.6 Å². The molecule has 0 aromatic carbocycles. The molecule has 2 saturated carbocycles. The summed E-state index contributed by atoms with van der Waals surface area (Å²) in [7, 11) is 0. The van der Waals surface area contributed by atoms with Gasteiger partial charge in [0.1, 0.15) is 0 Å². The Morgan fingerprint density at radius 1 is 1.29 bits per heavy atom. The molecule has 2 aliphatic carbocycles. The summed E-state index contributed by atoms with van der Waals surface area (Å²) < 4.78 is 0. The normalized spacial score (nSPS) is 40.5. The lowest BCUT2D eigenvalue weighted by Gasteiger charge is -2.27. The summed E-state index contributed by atoms with van der Waals surface area (Å²) in [6, 6.07) is -0.176. The summed E-state index contributed by atoms with van der Waals surface area (Å²) >= 11 is 0. The highest BCUT2D eigenvalue weighted by atomic mass is 16.4. The fourth-order valence-electron chi connectivity index (χ4n) is 3.56. The third kappa shape index (κ3) is 1.77. The minimum Gasteiger partial charge on any atom is -0.409 e. The van der Waals surface area contributed by atoms with E-state index in [-0.39, 0.29) is 23.7 Å². The van der Waals surface area contributed by atoms with E-state index in [2.05, 4.69) is 5.16 Å². The molecule has 5 nitrogen and oxygen atoms in total. The first-order chi connectivity index (χ1) is 8.20. The Hall–Kier alpha value is -1.26. The first-order valence-electron chi connectivity index (χ1n) is 6.48. The molecule has 1 saturated heterocycles. The summed E-state index contributed by atoms with van der Waals surface area (Å²) in [5.74, 6) is 2.24. The molecule has 3 fully saturated rings. The average Bonchev–Trinajstić information content (AvgIpc) is 2.82. The van der Waals surface area contributed by atoms with Gasteiger partial charge in [-0.3, -0.25) is 4.79 Å². The van der Waals surface area contributed by atoms with Crippen LogP contribution in [-0.4, -0.2) is 34.4 Å². The lowest BCUT2D eigenvalue weighted by Crippen LogP contribution is -2.46. The van der Waals surface area contributed by atoms with Crippen molar-refractivity contribution < 1.29 is 10.0 Å². The number of oxime groups is 1. The molecule has 3 aliphatic rings. The molecule has 0 aromatic heterocycles. The highest BCUT2D eigenvalue weighted by Gasteiger charge is 2.49. The first-order valence-corrected chi connectivity index (χ1v) is 6.48. The minimum atomic E-state index is -0.176. The molecule has 17 heavy (non-hydrogen) atoms. The average molecular weight is 237 g/mol. The van der Waals surface area contributed by atoms with Crippen LogP contribution in [0.25, 0.3) is 0 Å². The van der Waals surface area contributed by atoms with Gasteiger partial charge in [0.05, 0.1) is 6.04 Å². The van der Waals surface area contributed by atoms with Crippen LogP contribution in [0.1, 0.15) is 32.1 Å². The number of hydrogen-bond donors (Lipinski definition) is 2. The number of rotatable bonds is 2. The number of nitrogens with zero attached hydrogens (tertiary/aromatic N) is 2. The van der Waals surface area contributed by atoms with E-state index in [1.165, 1.54) is 6.42 Å². The van der Waals surface area contributed by atoms with Crippen LogP contribution in [0.15, 0.2) is 5.16 Å². The molecule has 3 atom stereocenters. The van der Waals surface area contributed by atoms with Crippen molar-refractivity contribution in [1.29, 1.82) is 0 Å². The maximum atomic E-state index is 12.4. The van der Waals surface area contributed by atoms with E-state index in [0.717, 1.165) is 44.1 Å². The number of likely N-dealkylation sites (tertiary alicyclic amines) is 1. The van der Waals surface area contributed by atoms with E-state index in [1.54, 1.807) is 0 Å². The van der Waals surface area contributed by atoms with E-state index >= 15 is 0 Å². The van der Waals surface area contributed by atoms with Crippen molar-refractivity contribution in [2.75, 3.05) is 6.54 Å². The van der Waals surface area contributed by atoms with Crippen molar-refractivity contribution in [2.45, 2.75) is 38.1 Å². The van der Waals surface area contributed by atoms with Crippen LogP contribution in [0, 0.1) is 17.8 Å². The first kappa shape index (κ1) is 10.9. The summed E-state index contributed by atoms with van der Waals surface area (Å²) in [6.07, 6.45) is 5.21. The van der Waals surface area contributed by atoms with E-state index in [9.17, 15) is 4.79 Å². The zero-order chi connectivity index (χ0) is 12.0. The molecule has 3 N–H and O–H groups in total. The Labute approximate surface area is 101 Å². The van der Waals surface area contributed by atoms with Crippen molar-refractivity contribution in [1.82, 2.24) is 4.90 Å². The molecule has 1 amide bonds. The van der Waals surface area contributed by atoms with Crippen LogP contribution in [-0.2, 0) is 4.79 Å². The zero-order valence-corrected chi connectivity index (χ0v) is 9.88. The zero-order valence-electron chi connectivity index (χ0n) is 9.88. The Morgan fingerprint density at radius 3 is 2.65 bits per heavy atom. The van der Waals surface area contributed by atoms with Gasteiger partial charge in [0.2, 0.25) is 5.91 Å². The molecule has 0 spiro atoms. The van der Waals surface area contributed by atoms with E-state index < -0.39 is 0 Å². The summed E-state index contributed by atoms with van der Waals surface area (Å²) in [5.41, 5.74) is 5.65. The quantitative estimate of drug-likeness (QED) is 0.322. The van der Waals surface area contributed by atoms with Gasteiger partial charge in [-0.25, -0.2) is 0 Å². The predicted octanol–water partition coefficient (Wildman–Crippen LogP) is 0.770. The highest BCUT2D eigenvalue weighted by molar-refractivity contribution is 5.91. The highest BCUT2D eigenvalue weighted by Crippen LogP contribution is 2.54. The van der Waals surface area contributed by atoms with E-state index in [4.69, 9.17) is 10.9 Å². The van der Waals surface area contributed by atoms with Crippen molar-refractivity contribution in [3.05, 3.63) is 0 Å². The third-order valence-corrected chi connectivity index (χ3v) is 4.59. The molecule has 94 valence electrons. The number of nitrogens with two attached hydrogens (primary N) is 1. The lowest BCUT2D eigenvalue weighted by atomic mass is 10.0. The van der Waals surface area contributed by atoms with Gasteiger partial charge >= 0.3 is 0 Å². The van der Waals surface area contributed by atoms with Crippen molar-refractivity contribution >= 4 is 11.7 Å². The van der Waals surface area contributed by atoms with Crippen LogP contribution in [0.3, 0.4) is 0 Å². The molecule has 1 aliphatic heterocycles. The summed E-state index contributed by atoms with van der Waals surface area (Å²) in [6.45, 7) is 0.756. The fourth-order valence-corrected chi connectivity index (χ4v) is 3.56. The van der Waals surface area contributed by atoms with Gasteiger partial charge in [-0.2, -0.15) is 0 Å².